The van der Waals surface area contributed by atoms with Crippen LogP contribution in [0.25, 0.3) is 0 Å². The Labute approximate surface area is 168 Å². The van der Waals surface area contributed by atoms with Crippen LogP contribution in [-0.4, -0.2) is 26.7 Å². The van der Waals surface area contributed by atoms with Gasteiger partial charge in [-0.05, 0) is 49.6 Å². The van der Waals surface area contributed by atoms with Gasteiger partial charge in [-0.2, -0.15) is 0 Å². The second-order valence-electron chi connectivity index (χ2n) is 6.40. The van der Waals surface area contributed by atoms with Gasteiger partial charge in [0.2, 0.25) is 0 Å². The molecule has 0 saturated heterocycles. The first-order valence-electron chi connectivity index (χ1n) is 8.67. The number of hydrogen-bond acceptors (Lipinski definition) is 4. The first-order chi connectivity index (χ1) is 13.3. The number of benzene rings is 2. The third-order valence-electron chi connectivity index (χ3n) is 4.57. The lowest BCUT2D eigenvalue weighted by atomic mass is 9.98. The normalized spacial score (nSPS) is 17.0. The Morgan fingerprint density at radius 2 is 2.00 bits per heavy atom. The largest absolute Gasteiger partial charge is 0.495 e. The van der Waals surface area contributed by atoms with Gasteiger partial charge in [-0.3, -0.25) is 4.79 Å². The summed E-state index contributed by atoms with van der Waals surface area (Å²) < 4.78 is 45.2. The summed E-state index contributed by atoms with van der Waals surface area (Å²) in [5.74, 6) is -0.871. The number of carbonyl (C=O) groups excluding carboxylic acids is 1. The van der Waals surface area contributed by atoms with Crippen LogP contribution in [0.1, 0.15) is 19.3 Å². The van der Waals surface area contributed by atoms with Gasteiger partial charge >= 0.3 is 0 Å². The molecule has 1 amide bonds. The molecule has 0 aromatic heterocycles. The quantitative estimate of drug-likeness (QED) is 0.774. The average Bonchev–Trinajstić information content (AvgIpc) is 2.69. The molecule has 1 aliphatic rings. The second kappa shape index (κ2) is 8.32. The molecule has 0 saturated carbocycles. The molecule has 1 aliphatic carbocycles. The highest BCUT2D eigenvalue weighted by molar-refractivity contribution is 7.92. The summed E-state index contributed by atoms with van der Waals surface area (Å²) in [6, 6.07) is 10.2. The van der Waals surface area contributed by atoms with E-state index >= 15 is 0 Å². The minimum atomic E-state index is -3.81. The fraction of sp³-hybridized carbons (Fsp3) is 0.250. The van der Waals surface area contributed by atoms with Crippen LogP contribution in [0.15, 0.2) is 59.0 Å². The Morgan fingerprint density at radius 3 is 2.71 bits per heavy atom. The van der Waals surface area contributed by atoms with Gasteiger partial charge < -0.3 is 10.1 Å². The number of rotatable bonds is 5. The highest BCUT2D eigenvalue weighted by Crippen LogP contribution is 2.34. The summed E-state index contributed by atoms with van der Waals surface area (Å²) in [5.41, 5.74) is 0.360. The van der Waals surface area contributed by atoms with Crippen LogP contribution in [0.5, 0.6) is 5.75 Å². The molecule has 148 valence electrons. The fourth-order valence-electron chi connectivity index (χ4n) is 3.12. The van der Waals surface area contributed by atoms with E-state index in [0.717, 1.165) is 0 Å². The number of para-hydroxylation sites is 1. The molecule has 2 aromatic rings. The van der Waals surface area contributed by atoms with Crippen molar-refractivity contribution in [1.29, 1.82) is 0 Å². The molecule has 28 heavy (non-hydrogen) atoms. The molecule has 5 nitrogen and oxygen atoms in total. The maximum absolute atomic E-state index is 13.8. The lowest BCUT2D eigenvalue weighted by Gasteiger charge is -2.22. The van der Waals surface area contributed by atoms with Gasteiger partial charge in [0, 0.05) is 10.6 Å². The molecule has 8 heteroatoms. The zero-order chi connectivity index (χ0) is 20.3. The van der Waals surface area contributed by atoms with Crippen LogP contribution in [0.2, 0.25) is 5.02 Å². The van der Waals surface area contributed by atoms with Crippen LogP contribution in [0.4, 0.5) is 10.1 Å². The smallest absolute Gasteiger partial charge is 0.251 e. The molecule has 0 heterocycles. The van der Waals surface area contributed by atoms with E-state index in [1.807, 2.05) is 0 Å². The van der Waals surface area contributed by atoms with E-state index in [9.17, 15) is 17.6 Å². The van der Waals surface area contributed by atoms with E-state index < -0.39 is 26.8 Å². The summed E-state index contributed by atoms with van der Waals surface area (Å²) in [6.45, 7) is 0. The van der Waals surface area contributed by atoms with Crippen molar-refractivity contribution in [1.82, 2.24) is 0 Å². The summed E-state index contributed by atoms with van der Waals surface area (Å²) in [5, 5.41) is 1.88. The van der Waals surface area contributed by atoms with Crippen molar-refractivity contribution in [3.05, 3.63) is 65.0 Å². The molecule has 1 N–H and O–H groups in total. The van der Waals surface area contributed by atoms with E-state index in [0.29, 0.717) is 24.8 Å². The monoisotopic (exact) mass is 423 g/mol. The first-order valence-corrected chi connectivity index (χ1v) is 10.6. The molecule has 0 fully saturated rings. The Balaban J connectivity index is 1.90. The third kappa shape index (κ3) is 4.20. The van der Waals surface area contributed by atoms with Gasteiger partial charge in [0.1, 0.15) is 16.5 Å². The maximum atomic E-state index is 13.8. The highest BCUT2D eigenvalue weighted by atomic mass is 35.5. The zero-order valence-electron chi connectivity index (χ0n) is 15.1. The molecular weight excluding hydrogens is 405 g/mol. The minimum Gasteiger partial charge on any atom is -0.495 e. The van der Waals surface area contributed by atoms with Crippen molar-refractivity contribution in [3.63, 3.8) is 0 Å². The molecule has 0 aliphatic heterocycles. The number of hydrogen-bond donors (Lipinski definition) is 1. The number of anilines is 1. The Hall–Kier alpha value is -2.38. The zero-order valence-corrected chi connectivity index (χ0v) is 16.7. The second-order valence-corrected chi connectivity index (χ2v) is 8.97. The van der Waals surface area contributed by atoms with Crippen molar-refractivity contribution in [3.8, 4) is 5.75 Å². The average molecular weight is 424 g/mol. The van der Waals surface area contributed by atoms with Crippen LogP contribution in [0.3, 0.4) is 0 Å². The van der Waals surface area contributed by atoms with Gasteiger partial charge in [0.25, 0.3) is 5.91 Å². The maximum Gasteiger partial charge on any atom is 0.251 e. The van der Waals surface area contributed by atoms with E-state index in [4.69, 9.17) is 16.3 Å². The van der Waals surface area contributed by atoms with Crippen molar-refractivity contribution >= 4 is 33.0 Å². The predicted octanol–water partition coefficient (Wildman–Crippen LogP) is 4.38. The summed E-state index contributed by atoms with van der Waals surface area (Å²) in [7, 11) is -2.43. The molecular formula is C20H19ClFNO4S. The van der Waals surface area contributed by atoms with E-state index in [2.05, 4.69) is 5.32 Å². The molecule has 0 bridgehead atoms. The standard InChI is InChI=1S/C20H19ClFNO4S/c1-27-18-10-9-14(21)12-19(18)28(25,26)15-6-4-5-13(11-15)20(24)23-17-8-3-2-7-16(17)22/h2-3,7-12,15H,4-6H2,1H3,(H,23,24). The van der Waals surface area contributed by atoms with Gasteiger partial charge in [-0.25, -0.2) is 12.8 Å². The number of sulfone groups is 1. The van der Waals surface area contributed by atoms with E-state index in [1.54, 1.807) is 12.1 Å². The number of carbonyl (C=O) groups is 1. The van der Waals surface area contributed by atoms with Crippen LogP contribution in [-0.2, 0) is 14.6 Å². The van der Waals surface area contributed by atoms with Crippen molar-refractivity contribution in [2.24, 2.45) is 0 Å². The topological polar surface area (TPSA) is 72.5 Å². The number of halogens is 2. The molecule has 1 unspecified atom stereocenters. The fourth-order valence-corrected chi connectivity index (χ4v) is 5.23. The van der Waals surface area contributed by atoms with Crippen molar-refractivity contribution < 1.29 is 22.3 Å². The molecule has 1 atom stereocenters. The van der Waals surface area contributed by atoms with Crippen LogP contribution < -0.4 is 10.1 Å². The lowest BCUT2D eigenvalue weighted by molar-refractivity contribution is -0.113. The molecule has 2 aromatic carbocycles. The Morgan fingerprint density at radius 1 is 1.25 bits per heavy atom. The minimum absolute atomic E-state index is 0.0143. The predicted molar refractivity (Wildman–Crippen MR) is 106 cm³/mol. The Bertz CT molecular complexity index is 1040. The molecule has 0 spiro atoms. The van der Waals surface area contributed by atoms with Crippen molar-refractivity contribution in [2.45, 2.75) is 29.4 Å². The third-order valence-corrected chi connectivity index (χ3v) is 6.90. The van der Waals surface area contributed by atoms with E-state index in [-0.39, 0.29) is 21.4 Å². The van der Waals surface area contributed by atoms with Gasteiger partial charge in [0.05, 0.1) is 18.0 Å². The summed E-state index contributed by atoms with van der Waals surface area (Å²) >= 11 is 5.97. The summed E-state index contributed by atoms with van der Waals surface area (Å²) in [6.07, 6.45) is 2.74. The highest BCUT2D eigenvalue weighted by Gasteiger charge is 2.32. The first kappa shape index (κ1) is 20.4. The SMILES string of the molecule is COc1ccc(Cl)cc1S(=O)(=O)C1C=C(C(=O)Nc2ccccc2F)CCC1. The van der Waals surface area contributed by atoms with Crippen molar-refractivity contribution in [2.75, 3.05) is 12.4 Å². The van der Waals surface area contributed by atoms with Crippen LogP contribution >= 0.6 is 11.6 Å². The number of amides is 1. The number of ether oxygens (including phenoxy) is 1. The van der Waals surface area contributed by atoms with Crippen LogP contribution in [0, 0.1) is 5.82 Å². The number of nitrogens with one attached hydrogen (secondary N) is 1. The van der Waals surface area contributed by atoms with Gasteiger partial charge in [-0.15, -0.1) is 0 Å². The van der Waals surface area contributed by atoms with Gasteiger partial charge in [-0.1, -0.05) is 29.8 Å². The molecule has 0 radical (unpaired) electrons. The number of methoxy groups -OCH3 is 1. The molecule has 3 rings (SSSR count). The lowest BCUT2D eigenvalue weighted by Crippen LogP contribution is -2.26. The Kier molecular flexibility index (Phi) is 6.05. The van der Waals surface area contributed by atoms with Gasteiger partial charge in [0.15, 0.2) is 9.84 Å². The van der Waals surface area contributed by atoms with E-state index in [1.165, 1.54) is 43.5 Å². The summed E-state index contributed by atoms with van der Waals surface area (Å²) in [4.78, 5) is 12.5.